The monoisotopic (exact) mass is 266 g/mol. The molecule has 0 aromatic heterocycles. The van der Waals surface area contributed by atoms with Gasteiger partial charge in [0.2, 0.25) is 0 Å². The second kappa shape index (κ2) is 4.87. The van der Waals surface area contributed by atoms with Crippen molar-refractivity contribution >= 4 is 23.3 Å². The average Bonchev–Trinajstić information content (AvgIpc) is 2.57. The number of halogens is 2. The Balaban J connectivity index is 2.36. The summed E-state index contributed by atoms with van der Waals surface area (Å²) in [6.45, 7) is 3.73. The molecule has 1 heterocycles. The molecule has 0 radical (unpaired) electrons. The normalized spacial score (nSPS) is 15.4. The van der Waals surface area contributed by atoms with Crippen molar-refractivity contribution in [3.63, 3.8) is 0 Å². The minimum absolute atomic E-state index is 0.0728. The van der Waals surface area contributed by atoms with Gasteiger partial charge in [0, 0.05) is 6.07 Å². The molecular weight excluding hydrogens is 254 g/mol. The number of benzene rings is 1. The van der Waals surface area contributed by atoms with E-state index in [1.54, 1.807) is 0 Å². The van der Waals surface area contributed by atoms with E-state index in [4.69, 9.17) is 0 Å². The molecule has 4 nitrogen and oxygen atoms in total. The fraction of sp³-hybridized carbons (Fsp3) is 0.308. The van der Waals surface area contributed by atoms with Crippen molar-refractivity contribution in [3.05, 3.63) is 29.8 Å². The molecule has 0 bridgehead atoms. The number of urea groups is 1. The summed E-state index contributed by atoms with van der Waals surface area (Å²) < 4.78 is 26.7. The van der Waals surface area contributed by atoms with Gasteiger partial charge in [-0.15, -0.1) is 0 Å². The van der Waals surface area contributed by atoms with E-state index in [0.29, 0.717) is 11.3 Å². The third-order valence-corrected chi connectivity index (χ3v) is 2.62. The molecule has 0 spiro atoms. The molecule has 3 amide bonds. The van der Waals surface area contributed by atoms with Crippen molar-refractivity contribution in [1.29, 1.82) is 0 Å². The zero-order valence-corrected chi connectivity index (χ0v) is 10.5. The van der Waals surface area contributed by atoms with Crippen LogP contribution in [-0.2, 0) is 4.79 Å². The van der Waals surface area contributed by atoms with Crippen LogP contribution in [0.1, 0.15) is 20.3 Å². The Morgan fingerprint density at radius 2 is 1.95 bits per heavy atom. The van der Waals surface area contributed by atoms with Crippen molar-refractivity contribution in [2.45, 2.75) is 20.3 Å². The highest BCUT2D eigenvalue weighted by Crippen LogP contribution is 2.25. The zero-order valence-electron chi connectivity index (χ0n) is 10.5. The standard InChI is InChI=1S/C13H12F2N2O2/c1-7(2)5-10-12(18)17(13(19)16-10)11-6-8(14)3-4-9(11)15/h3-4,6-7H,5H2,1-2H3. The fourth-order valence-corrected chi connectivity index (χ4v) is 1.82. The molecule has 1 aromatic rings. The molecule has 0 N–H and O–H groups in total. The minimum Gasteiger partial charge on any atom is -0.267 e. The average molecular weight is 266 g/mol. The molecular formula is C13H12F2N2O2. The Morgan fingerprint density at radius 3 is 2.58 bits per heavy atom. The van der Waals surface area contributed by atoms with Crippen LogP contribution in [-0.4, -0.2) is 17.6 Å². The van der Waals surface area contributed by atoms with Crippen molar-refractivity contribution < 1.29 is 18.4 Å². The van der Waals surface area contributed by atoms with Gasteiger partial charge in [0.15, 0.2) is 0 Å². The fourth-order valence-electron chi connectivity index (χ4n) is 1.82. The molecule has 0 fully saturated rings. The highest BCUT2D eigenvalue weighted by molar-refractivity contribution is 6.53. The first-order chi connectivity index (χ1) is 8.90. The van der Waals surface area contributed by atoms with E-state index >= 15 is 0 Å². The van der Waals surface area contributed by atoms with E-state index in [1.165, 1.54) is 0 Å². The summed E-state index contributed by atoms with van der Waals surface area (Å²) in [5, 5.41) is 0. The molecule has 1 aliphatic heterocycles. The van der Waals surface area contributed by atoms with Crippen molar-refractivity contribution in [2.24, 2.45) is 10.9 Å². The topological polar surface area (TPSA) is 49.7 Å². The molecule has 6 heteroatoms. The minimum atomic E-state index is -0.884. The molecule has 1 aromatic carbocycles. The lowest BCUT2D eigenvalue weighted by Gasteiger charge is -2.14. The molecule has 0 atom stereocenters. The number of carbonyl (C=O) groups is 2. The summed E-state index contributed by atoms with van der Waals surface area (Å²) in [5.74, 6) is -2.13. The number of aliphatic imine (C=N–C) groups is 1. The number of carbonyl (C=O) groups excluding carboxylic acids is 2. The maximum Gasteiger partial charge on any atom is 0.355 e. The summed E-state index contributed by atoms with van der Waals surface area (Å²) in [5.41, 5.74) is -0.332. The van der Waals surface area contributed by atoms with Crippen molar-refractivity contribution in [1.82, 2.24) is 0 Å². The smallest absolute Gasteiger partial charge is 0.267 e. The first-order valence-corrected chi connectivity index (χ1v) is 5.81. The second-order valence-corrected chi connectivity index (χ2v) is 4.68. The molecule has 100 valence electrons. The Kier molecular flexibility index (Phi) is 3.42. The lowest BCUT2D eigenvalue weighted by Crippen LogP contribution is -2.33. The number of hydrogen-bond acceptors (Lipinski definition) is 2. The lowest BCUT2D eigenvalue weighted by atomic mass is 10.1. The van der Waals surface area contributed by atoms with E-state index in [2.05, 4.69) is 4.99 Å². The maximum atomic E-state index is 13.6. The zero-order chi connectivity index (χ0) is 14.2. The molecule has 1 aliphatic rings. The van der Waals surface area contributed by atoms with Crippen LogP contribution in [0.2, 0.25) is 0 Å². The Hall–Kier alpha value is -2.11. The Morgan fingerprint density at radius 1 is 1.26 bits per heavy atom. The quantitative estimate of drug-likeness (QED) is 0.844. The molecule has 0 unspecified atom stereocenters. The molecule has 19 heavy (non-hydrogen) atoms. The van der Waals surface area contributed by atoms with Crippen LogP contribution in [0.4, 0.5) is 19.3 Å². The Labute approximate surface area is 108 Å². The first-order valence-electron chi connectivity index (χ1n) is 5.81. The van der Waals surface area contributed by atoms with E-state index in [9.17, 15) is 18.4 Å². The third-order valence-electron chi connectivity index (χ3n) is 2.62. The van der Waals surface area contributed by atoms with Crippen LogP contribution in [0.15, 0.2) is 23.2 Å². The maximum absolute atomic E-state index is 13.6. The largest absolute Gasteiger partial charge is 0.355 e. The van der Waals surface area contributed by atoms with E-state index < -0.39 is 29.3 Å². The SMILES string of the molecule is CC(C)CC1=NC(=O)N(c2cc(F)ccc2F)C1=O. The third kappa shape index (κ3) is 2.52. The molecule has 0 saturated carbocycles. The van der Waals surface area contributed by atoms with Gasteiger partial charge in [-0.1, -0.05) is 13.8 Å². The predicted molar refractivity (Wildman–Crippen MR) is 66.1 cm³/mol. The second-order valence-electron chi connectivity index (χ2n) is 4.68. The van der Waals surface area contributed by atoms with Crippen LogP contribution in [0.3, 0.4) is 0 Å². The number of imide groups is 1. The van der Waals surface area contributed by atoms with Crippen LogP contribution in [0.5, 0.6) is 0 Å². The van der Waals surface area contributed by atoms with Gasteiger partial charge in [-0.3, -0.25) is 4.79 Å². The summed E-state index contributed by atoms with van der Waals surface area (Å²) in [4.78, 5) is 27.8. The van der Waals surface area contributed by atoms with E-state index in [1.807, 2.05) is 13.8 Å². The van der Waals surface area contributed by atoms with Gasteiger partial charge in [-0.2, -0.15) is 4.99 Å². The van der Waals surface area contributed by atoms with Crippen LogP contribution < -0.4 is 4.90 Å². The van der Waals surface area contributed by atoms with Gasteiger partial charge in [-0.25, -0.2) is 18.5 Å². The summed E-state index contributed by atoms with van der Waals surface area (Å²) in [7, 11) is 0. The van der Waals surface area contributed by atoms with Crippen LogP contribution in [0.25, 0.3) is 0 Å². The number of amides is 3. The Bertz CT molecular complexity index is 582. The van der Waals surface area contributed by atoms with Gasteiger partial charge < -0.3 is 0 Å². The van der Waals surface area contributed by atoms with Gasteiger partial charge in [0.1, 0.15) is 17.3 Å². The van der Waals surface area contributed by atoms with Crippen LogP contribution >= 0.6 is 0 Å². The number of nitrogens with zero attached hydrogens (tertiary/aromatic N) is 2. The first kappa shape index (κ1) is 13.3. The number of anilines is 1. The highest BCUT2D eigenvalue weighted by Gasteiger charge is 2.36. The molecule has 0 aliphatic carbocycles. The number of rotatable bonds is 3. The van der Waals surface area contributed by atoms with E-state index in [0.717, 1.165) is 18.2 Å². The van der Waals surface area contributed by atoms with Crippen molar-refractivity contribution in [3.8, 4) is 0 Å². The van der Waals surface area contributed by atoms with Gasteiger partial charge in [0.05, 0.1) is 5.69 Å². The number of hydrogen-bond donors (Lipinski definition) is 0. The van der Waals surface area contributed by atoms with Crippen LogP contribution in [0, 0.1) is 17.6 Å². The lowest BCUT2D eigenvalue weighted by molar-refractivity contribution is -0.111. The van der Waals surface area contributed by atoms with Crippen molar-refractivity contribution in [2.75, 3.05) is 4.90 Å². The highest BCUT2D eigenvalue weighted by atomic mass is 19.1. The molecule has 2 rings (SSSR count). The van der Waals surface area contributed by atoms with Gasteiger partial charge >= 0.3 is 6.03 Å². The summed E-state index contributed by atoms with van der Waals surface area (Å²) in [6.07, 6.45) is 0.317. The summed E-state index contributed by atoms with van der Waals surface area (Å²) in [6, 6.07) is 1.70. The predicted octanol–water partition coefficient (Wildman–Crippen LogP) is 2.92. The van der Waals surface area contributed by atoms with Gasteiger partial charge in [-0.05, 0) is 24.5 Å². The summed E-state index contributed by atoms with van der Waals surface area (Å²) >= 11 is 0. The molecule has 0 saturated heterocycles. The van der Waals surface area contributed by atoms with E-state index in [-0.39, 0.29) is 11.6 Å². The van der Waals surface area contributed by atoms with Gasteiger partial charge in [0.25, 0.3) is 5.91 Å².